The molecule has 0 bridgehead atoms. The van der Waals surface area contributed by atoms with Gasteiger partial charge in [0.1, 0.15) is 11.9 Å². The van der Waals surface area contributed by atoms with E-state index in [0.29, 0.717) is 17.7 Å². The van der Waals surface area contributed by atoms with Gasteiger partial charge in [0, 0.05) is 20.4 Å². The van der Waals surface area contributed by atoms with E-state index in [2.05, 4.69) is 40.5 Å². The molecule has 1 amide bonds. The molecule has 168 valence electrons. The van der Waals surface area contributed by atoms with Gasteiger partial charge in [-0.25, -0.2) is 4.79 Å². The second kappa shape index (κ2) is 11.4. The Hall–Kier alpha value is -2.46. The molecule has 0 aliphatic carbocycles. The van der Waals surface area contributed by atoms with Gasteiger partial charge in [0.25, 0.3) is 0 Å². The van der Waals surface area contributed by atoms with Crippen LogP contribution in [0.1, 0.15) is 25.0 Å². The molecule has 0 unspecified atom stereocenters. The molecular formula is C24H24INO5S. The lowest BCUT2D eigenvalue weighted by Crippen LogP contribution is -2.23. The summed E-state index contributed by atoms with van der Waals surface area (Å²) in [6.45, 7) is 2.04. The van der Waals surface area contributed by atoms with Gasteiger partial charge in [-0.1, -0.05) is 43.3 Å². The normalized spacial score (nSPS) is 12.7. The topological polar surface area (TPSA) is 84.9 Å². The van der Waals surface area contributed by atoms with E-state index in [-0.39, 0.29) is 24.0 Å². The maximum atomic E-state index is 12.9. The number of phenols is 1. The fraction of sp³-hybridized carbons (Fsp3) is 0.250. The van der Waals surface area contributed by atoms with Crippen molar-refractivity contribution < 1.29 is 24.2 Å². The number of hydrogen-bond donors (Lipinski definition) is 3. The van der Waals surface area contributed by atoms with E-state index in [4.69, 9.17) is 9.47 Å². The van der Waals surface area contributed by atoms with Gasteiger partial charge in [0.15, 0.2) is 0 Å². The number of esters is 1. The number of ether oxygens (including phenoxy) is 2. The zero-order valence-corrected chi connectivity index (χ0v) is 20.5. The van der Waals surface area contributed by atoms with Crippen LogP contribution in [-0.4, -0.2) is 29.5 Å². The predicted molar refractivity (Wildman–Crippen MR) is 136 cm³/mol. The van der Waals surface area contributed by atoms with Gasteiger partial charge in [-0.3, -0.25) is 10.1 Å². The molecule has 0 heterocycles. The van der Waals surface area contributed by atoms with E-state index < -0.39 is 18.2 Å². The summed E-state index contributed by atoms with van der Waals surface area (Å²) >= 11 is 6.03. The SMILES string of the molecule is C[C@H](CCOC(=O)CS)[C@H](OC(=O)Nc1cccc2ccccc12)c1cc(I)ccc1O. The van der Waals surface area contributed by atoms with Crippen molar-refractivity contribution in [3.05, 3.63) is 69.8 Å². The molecule has 3 aromatic rings. The van der Waals surface area contributed by atoms with Crippen molar-refractivity contribution in [2.24, 2.45) is 5.92 Å². The summed E-state index contributed by atoms with van der Waals surface area (Å²) in [5, 5.41) is 15.1. The third-order valence-corrected chi connectivity index (χ3v) is 5.97. The lowest BCUT2D eigenvalue weighted by atomic mass is 9.94. The van der Waals surface area contributed by atoms with Crippen molar-refractivity contribution in [3.8, 4) is 5.75 Å². The average molecular weight is 565 g/mol. The first-order valence-corrected chi connectivity index (χ1v) is 11.8. The summed E-state index contributed by atoms with van der Waals surface area (Å²) < 4.78 is 11.8. The van der Waals surface area contributed by atoms with Crippen LogP contribution in [0.4, 0.5) is 10.5 Å². The van der Waals surface area contributed by atoms with Crippen LogP contribution in [0, 0.1) is 9.49 Å². The van der Waals surface area contributed by atoms with Crippen molar-refractivity contribution in [2.45, 2.75) is 19.4 Å². The maximum Gasteiger partial charge on any atom is 0.412 e. The minimum atomic E-state index is -0.741. The van der Waals surface area contributed by atoms with Crippen LogP contribution >= 0.6 is 35.2 Å². The molecule has 32 heavy (non-hydrogen) atoms. The van der Waals surface area contributed by atoms with Gasteiger partial charge in [-0.2, -0.15) is 12.6 Å². The lowest BCUT2D eigenvalue weighted by Gasteiger charge is -2.25. The molecule has 0 spiro atoms. The van der Waals surface area contributed by atoms with Crippen LogP contribution in [0.15, 0.2) is 60.7 Å². The highest BCUT2D eigenvalue weighted by atomic mass is 127. The van der Waals surface area contributed by atoms with Crippen LogP contribution in [0.2, 0.25) is 0 Å². The molecule has 0 aliphatic rings. The Morgan fingerprint density at radius 1 is 1.12 bits per heavy atom. The molecule has 0 saturated heterocycles. The van der Waals surface area contributed by atoms with Gasteiger partial charge < -0.3 is 14.6 Å². The van der Waals surface area contributed by atoms with E-state index in [1.165, 1.54) is 0 Å². The third-order valence-electron chi connectivity index (χ3n) is 5.04. The van der Waals surface area contributed by atoms with E-state index in [1.54, 1.807) is 18.2 Å². The lowest BCUT2D eigenvalue weighted by molar-refractivity contribution is -0.141. The van der Waals surface area contributed by atoms with E-state index >= 15 is 0 Å². The molecule has 0 aliphatic heterocycles. The van der Waals surface area contributed by atoms with Crippen LogP contribution in [0.5, 0.6) is 5.75 Å². The zero-order chi connectivity index (χ0) is 23.1. The molecule has 0 fully saturated rings. The second-order valence-corrected chi connectivity index (χ2v) is 8.89. The predicted octanol–water partition coefficient (Wildman–Crippen LogP) is 5.94. The Morgan fingerprint density at radius 2 is 1.88 bits per heavy atom. The molecule has 0 aromatic heterocycles. The molecule has 3 rings (SSSR count). The van der Waals surface area contributed by atoms with Crippen LogP contribution < -0.4 is 5.32 Å². The highest BCUT2D eigenvalue weighted by molar-refractivity contribution is 14.1. The minimum Gasteiger partial charge on any atom is -0.508 e. The van der Waals surface area contributed by atoms with Gasteiger partial charge in [-0.15, -0.1) is 0 Å². The number of fused-ring (bicyclic) bond motifs is 1. The molecule has 6 nitrogen and oxygen atoms in total. The summed E-state index contributed by atoms with van der Waals surface area (Å²) in [7, 11) is 0. The fourth-order valence-corrected chi connectivity index (χ4v) is 3.99. The number of rotatable bonds is 8. The van der Waals surface area contributed by atoms with Crippen molar-refractivity contribution >= 4 is 63.7 Å². The first-order chi connectivity index (χ1) is 15.4. The summed E-state index contributed by atoms with van der Waals surface area (Å²) in [5.41, 5.74) is 1.13. The number of hydrogen-bond acceptors (Lipinski definition) is 6. The number of carbonyl (C=O) groups excluding carboxylic acids is 2. The maximum absolute atomic E-state index is 12.9. The zero-order valence-electron chi connectivity index (χ0n) is 17.5. The minimum absolute atomic E-state index is 0.000579. The molecule has 8 heteroatoms. The summed E-state index contributed by atoms with van der Waals surface area (Å²) in [4.78, 5) is 24.2. The fourth-order valence-electron chi connectivity index (χ4n) is 3.38. The smallest absolute Gasteiger partial charge is 0.412 e. The number of halogens is 1. The number of carbonyl (C=O) groups is 2. The van der Waals surface area contributed by atoms with Crippen LogP contribution in [-0.2, 0) is 14.3 Å². The number of amides is 1. The Kier molecular flexibility index (Phi) is 8.63. The van der Waals surface area contributed by atoms with Crippen LogP contribution in [0.25, 0.3) is 10.8 Å². The largest absolute Gasteiger partial charge is 0.508 e. The van der Waals surface area contributed by atoms with Crippen molar-refractivity contribution in [3.63, 3.8) is 0 Å². The quantitative estimate of drug-likeness (QED) is 0.179. The van der Waals surface area contributed by atoms with Gasteiger partial charge in [0.05, 0.1) is 18.0 Å². The summed E-state index contributed by atoms with van der Waals surface area (Å²) in [6.07, 6.45) is -0.936. The van der Waals surface area contributed by atoms with E-state index in [0.717, 1.165) is 14.3 Å². The highest BCUT2D eigenvalue weighted by Gasteiger charge is 2.27. The Morgan fingerprint density at radius 3 is 2.66 bits per heavy atom. The standard InChI is InChI=1S/C24H24INO5S/c1-15(11-12-30-22(28)14-32)23(19-13-17(25)9-10-21(19)27)31-24(29)26-20-8-4-6-16-5-2-3-7-18(16)20/h2-10,13,15,23,27,32H,11-12,14H2,1H3,(H,26,29)/t15-,23+/m1/s1. The number of anilines is 1. The van der Waals surface area contributed by atoms with Gasteiger partial charge in [-0.05, 0) is 58.7 Å². The Labute approximate surface area is 205 Å². The molecule has 0 radical (unpaired) electrons. The molecule has 3 aromatic carbocycles. The van der Waals surface area contributed by atoms with Gasteiger partial charge in [0.2, 0.25) is 0 Å². The number of thiol groups is 1. The van der Waals surface area contributed by atoms with Crippen molar-refractivity contribution in [1.29, 1.82) is 0 Å². The summed E-state index contributed by atoms with van der Waals surface area (Å²) in [6, 6.07) is 18.5. The molecule has 2 N–H and O–H groups in total. The average Bonchev–Trinajstić information content (AvgIpc) is 2.79. The van der Waals surface area contributed by atoms with E-state index in [9.17, 15) is 14.7 Å². The third kappa shape index (κ3) is 6.29. The van der Waals surface area contributed by atoms with E-state index in [1.807, 2.05) is 49.4 Å². The van der Waals surface area contributed by atoms with Crippen LogP contribution in [0.3, 0.4) is 0 Å². The Bertz CT molecular complexity index is 1100. The molecular weight excluding hydrogens is 541 g/mol. The van der Waals surface area contributed by atoms with Crippen molar-refractivity contribution in [2.75, 3.05) is 17.7 Å². The molecule has 2 atom stereocenters. The monoisotopic (exact) mass is 565 g/mol. The second-order valence-electron chi connectivity index (χ2n) is 7.33. The first-order valence-electron chi connectivity index (χ1n) is 10.1. The number of benzene rings is 3. The first kappa shape index (κ1) is 24.2. The van der Waals surface area contributed by atoms with Crippen molar-refractivity contribution in [1.82, 2.24) is 0 Å². The number of aromatic hydroxyl groups is 1. The number of phenolic OH excluding ortho intramolecular Hbond substituents is 1. The number of nitrogens with one attached hydrogen (secondary N) is 1. The Balaban J connectivity index is 1.80. The highest BCUT2D eigenvalue weighted by Crippen LogP contribution is 2.36. The molecule has 0 saturated carbocycles. The van der Waals surface area contributed by atoms with Gasteiger partial charge >= 0.3 is 12.1 Å². The summed E-state index contributed by atoms with van der Waals surface area (Å²) in [5.74, 6) is -0.610.